The van der Waals surface area contributed by atoms with Crippen molar-refractivity contribution >= 4 is 11.9 Å². The maximum Gasteiger partial charge on any atom is 0.338 e. The van der Waals surface area contributed by atoms with Gasteiger partial charge in [-0.3, -0.25) is 4.79 Å². The molecule has 1 aliphatic carbocycles. The van der Waals surface area contributed by atoms with E-state index in [1.807, 2.05) is 29.2 Å². The van der Waals surface area contributed by atoms with Crippen LogP contribution in [-0.4, -0.2) is 37.0 Å². The van der Waals surface area contributed by atoms with Crippen molar-refractivity contribution in [3.05, 3.63) is 69.8 Å². The lowest BCUT2D eigenvalue weighted by atomic mass is 9.76. The molecule has 166 valence electrons. The average molecular weight is 431 g/mol. The Bertz CT molecular complexity index is 1040. The summed E-state index contributed by atoms with van der Waals surface area (Å²) in [6.07, 6.45) is 5.89. The Morgan fingerprint density at radius 2 is 1.72 bits per heavy atom. The Hall–Kier alpha value is -3.13. The fourth-order valence-corrected chi connectivity index (χ4v) is 4.92. The van der Waals surface area contributed by atoms with Crippen LogP contribution >= 0.6 is 0 Å². The first kappa shape index (κ1) is 22.1. The number of ether oxygens (including phenoxy) is 1. The van der Waals surface area contributed by atoms with Gasteiger partial charge in [0.2, 0.25) is 0 Å². The van der Waals surface area contributed by atoms with Crippen molar-refractivity contribution in [2.24, 2.45) is 0 Å². The molecule has 0 aromatic heterocycles. The first-order valence-corrected chi connectivity index (χ1v) is 11.6. The quantitative estimate of drug-likeness (QED) is 0.612. The first-order valence-electron chi connectivity index (χ1n) is 11.6. The molecule has 0 N–H and O–H groups in total. The van der Waals surface area contributed by atoms with Gasteiger partial charge in [0.15, 0.2) is 0 Å². The second-order valence-corrected chi connectivity index (χ2v) is 8.87. The molecule has 0 atom stereocenters. The standard InChI is InChI=1S/C27H30N2O3/c1-3-19-15-23(22-5-4-6-22)25(27(31)32-2)16-24(19)26(30)29-13-11-21(12-14-29)20-9-7-18(17-28)8-10-20/h7-10,15-16,21-22H,3-6,11-14H2,1-2H3. The van der Waals surface area contributed by atoms with Crippen LogP contribution in [0.15, 0.2) is 36.4 Å². The highest BCUT2D eigenvalue weighted by atomic mass is 16.5. The van der Waals surface area contributed by atoms with Crippen LogP contribution in [0.1, 0.15) is 93.8 Å². The molecule has 0 spiro atoms. The summed E-state index contributed by atoms with van der Waals surface area (Å²) < 4.78 is 5.05. The molecule has 0 bridgehead atoms. The van der Waals surface area contributed by atoms with E-state index in [0.29, 0.717) is 41.6 Å². The van der Waals surface area contributed by atoms with Crippen LogP contribution in [0.5, 0.6) is 0 Å². The molecule has 2 aliphatic rings. The van der Waals surface area contributed by atoms with Gasteiger partial charge in [-0.25, -0.2) is 4.79 Å². The number of carbonyl (C=O) groups is 2. The smallest absolute Gasteiger partial charge is 0.338 e. The van der Waals surface area contributed by atoms with Gasteiger partial charge in [0, 0.05) is 18.7 Å². The number of nitrogens with zero attached hydrogens (tertiary/aromatic N) is 2. The zero-order valence-corrected chi connectivity index (χ0v) is 18.9. The SMILES string of the molecule is CCc1cc(C2CCC2)c(C(=O)OC)cc1C(=O)N1CCC(c2ccc(C#N)cc2)CC1. The highest BCUT2D eigenvalue weighted by molar-refractivity contribution is 6.00. The predicted octanol–water partition coefficient (Wildman–Crippen LogP) is 5.19. The van der Waals surface area contributed by atoms with Crippen molar-refractivity contribution in [3.8, 4) is 6.07 Å². The number of piperidine rings is 1. The summed E-state index contributed by atoms with van der Waals surface area (Å²) in [5.41, 5.74) is 5.12. The molecular formula is C27H30N2O3. The van der Waals surface area contributed by atoms with Gasteiger partial charge in [-0.05, 0) is 78.8 Å². The van der Waals surface area contributed by atoms with Gasteiger partial charge < -0.3 is 9.64 Å². The lowest BCUT2D eigenvalue weighted by molar-refractivity contribution is 0.0598. The third-order valence-corrected chi connectivity index (χ3v) is 7.13. The monoisotopic (exact) mass is 430 g/mol. The van der Waals surface area contributed by atoms with Crippen molar-refractivity contribution in [1.82, 2.24) is 4.90 Å². The molecule has 1 amide bonds. The molecule has 2 aromatic rings. The topological polar surface area (TPSA) is 70.4 Å². The van der Waals surface area contributed by atoms with E-state index in [4.69, 9.17) is 10.00 Å². The van der Waals surface area contributed by atoms with Gasteiger partial charge in [-0.15, -0.1) is 0 Å². The number of rotatable bonds is 5. The fraction of sp³-hybridized carbons (Fsp3) is 0.444. The number of nitriles is 1. The Balaban J connectivity index is 1.53. The molecule has 32 heavy (non-hydrogen) atoms. The number of likely N-dealkylation sites (tertiary alicyclic amines) is 1. The van der Waals surface area contributed by atoms with Crippen molar-refractivity contribution in [2.45, 2.75) is 57.3 Å². The zero-order valence-electron chi connectivity index (χ0n) is 18.9. The third-order valence-electron chi connectivity index (χ3n) is 7.13. The van der Waals surface area contributed by atoms with Crippen molar-refractivity contribution in [3.63, 3.8) is 0 Å². The molecule has 1 heterocycles. The molecule has 5 heteroatoms. The summed E-state index contributed by atoms with van der Waals surface area (Å²) in [5, 5.41) is 9.00. The summed E-state index contributed by atoms with van der Waals surface area (Å²) in [4.78, 5) is 27.9. The van der Waals surface area contributed by atoms with Gasteiger partial charge in [-0.1, -0.05) is 31.5 Å². The number of aryl methyl sites for hydroxylation is 1. The highest BCUT2D eigenvalue weighted by Crippen LogP contribution is 2.39. The number of hydrogen-bond acceptors (Lipinski definition) is 4. The minimum absolute atomic E-state index is 0.00504. The lowest BCUT2D eigenvalue weighted by Gasteiger charge is -2.33. The fourth-order valence-electron chi connectivity index (χ4n) is 4.92. The van der Waals surface area contributed by atoms with Gasteiger partial charge in [0.1, 0.15) is 0 Å². The number of methoxy groups -OCH3 is 1. The van der Waals surface area contributed by atoms with Gasteiger partial charge in [0.25, 0.3) is 5.91 Å². The van der Waals surface area contributed by atoms with Crippen LogP contribution in [0.3, 0.4) is 0 Å². The van der Waals surface area contributed by atoms with E-state index in [-0.39, 0.29) is 11.9 Å². The van der Waals surface area contributed by atoms with Gasteiger partial charge >= 0.3 is 5.97 Å². The summed E-state index contributed by atoms with van der Waals surface area (Å²) in [6.45, 7) is 3.43. The minimum Gasteiger partial charge on any atom is -0.465 e. The molecule has 5 nitrogen and oxygen atoms in total. The molecule has 4 rings (SSSR count). The molecule has 2 aromatic carbocycles. The van der Waals surface area contributed by atoms with E-state index in [2.05, 4.69) is 19.1 Å². The number of amides is 1. The minimum atomic E-state index is -0.358. The van der Waals surface area contributed by atoms with Crippen LogP contribution in [0.2, 0.25) is 0 Å². The molecule has 0 unspecified atom stereocenters. The summed E-state index contributed by atoms with van der Waals surface area (Å²) in [7, 11) is 1.40. The molecular weight excluding hydrogens is 400 g/mol. The van der Waals surface area contributed by atoms with E-state index < -0.39 is 0 Å². The second-order valence-electron chi connectivity index (χ2n) is 8.87. The van der Waals surface area contributed by atoms with E-state index in [9.17, 15) is 9.59 Å². The normalized spacial score (nSPS) is 16.8. The maximum absolute atomic E-state index is 13.5. The zero-order chi connectivity index (χ0) is 22.7. The molecule has 1 aliphatic heterocycles. The van der Waals surface area contributed by atoms with Crippen LogP contribution in [0, 0.1) is 11.3 Å². The Morgan fingerprint density at radius 1 is 1.03 bits per heavy atom. The van der Waals surface area contributed by atoms with Crippen LogP contribution < -0.4 is 0 Å². The molecule has 1 saturated carbocycles. The molecule has 0 radical (unpaired) electrons. The van der Waals surface area contributed by atoms with Crippen molar-refractivity contribution in [1.29, 1.82) is 5.26 Å². The largest absolute Gasteiger partial charge is 0.465 e. The van der Waals surface area contributed by atoms with E-state index in [1.54, 1.807) is 6.07 Å². The lowest BCUT2D eigenvalue weighted by Crippen LogP contribution is -2.38. The number of esters is 1. The molecule has 1 saturated heterocycles. The summed E-state index contributed by atoms with van der Waals surface area (Å²) >= 11 is 0. The van der Waals surface area contributed by atoms with Crippen LogP contribution in [0.25, 0.3) is 0 Å². The van der Waals surface area contributed by atoms with Crippen LogP contribution in [0.4, 0.5) is 0 Å². The highest BCUT2D eigenvalue weighted by Gasteiger charge is 2.30. The number of hydrogen-bond donors (Lipinski definition) is 0. The Kier molecular flexibility index (Phi) is 6.60. The van der Waals surface area contributed by atoms with E-state index in [0.717, 1.165) is 43.2 Å². The van der Waals surface area contributed by atoms with Crippen molar-refractivity contribution in [2.75, 3.05) is 20.2 Å². The van der Waals surface area contributed by atoms with E-state index >= 15 is 0 Å². The molecule has 2 fully saturated rings. The second kappa shape index (κ2) is 9.56. The van der Waals surface area contributed by atoms with Crippen molar-refractivity contribution < 1.29 is 14.3 Å². The predicted molar refractivity (Wildman–Crippen MR) is 123 cm³/mol. The Morgan fingerprint density at radius 3 is 2.25 bits per heavy atom. The first-order chi connectivity index (χ1) is 15.5. The Labute approximate surface area is 190 Å². The van der Waals surface area contributed by atoms with E-state index in [1.165, 1.54) is 19.1 Å². The number of carbonyl (C=O) groups excluding carboxylic acids is 2. The van der Waals surface area contributed by atoms with Gasteiger partial charge in [0.05, 0.1) is 24.3 Å². The average Bonchev–Trinajstić information content (AvgIpc) is 2.82. The summed E-state index contributed by atoms with van der Waals surface area (Å²) in [6, 6.07) is 13.8. The third kappa shape index (κ3) is 4.27. The summed E-state index contributed by atoms with van der Waals surface area (Å²) in [5.74, 6) is 0.430. The maximum atomic E-state index is 13.5. The van der Waals surface area contributed by atoms with Crippen LogP contribution in [-0.2, 0) is 11.2 Å². The van der Waals surface area contributed by atoms with Gasteiger partial charge in [-0.2, -0.15) is 5.26 Å². The number of benzene rings is 2.